The Morgan fingerprint density at radius 2 is 1.42 bits per heavy atom. The van der Waals surface area contributed by atoms with Gasteiger partial charge in [0, 0.05) is 44.7 Å². The van der Waals surface area contributed by atoms with Crippen molar-refractivity contribution in [1.82, 2.24) is 15.5 Å². The van der Waals surface area contributed by atoms with Gasteiger partial charge in [0.25, 0.3) is 0 Å². The number of hydrogen-bond donors (Lipinski definition) is 3. The molecule has 8 heteroatoms. The van der Waals surface area contributed by atoms with E-state index in [0.717, 1.165) is 78.2 Å². The number of aliphatic hydroxyl groups is 1. The van der Waals surface area contributed by atoms with Crippen LogP contribution >= 0.6 is 0 Å². The molecule has 0 spiro atoms. The molecule has 4 aromatic carbocycles. The van der Waals surface area contributed by atoms with E-state index in [-0.39, 0.29) is 24.8 Å². The highest BCUT2D eigenvalue weighted by molar-refractivity contribution is 5.74. The lowest BCUT2D eigenvalue weighted by atomic mass is 9.98. The molecule has 0 bridgehead atoms. The van der Waals surface area contributed by atoms with Gasteiger partial charge in [-0.1, -0.05) is 91.0 Å². The average molecular weight is 608 g/mol. The van der Waals surface area contributed by atoms with Gasteiger partial charge in [0.05, 0.1) is 32.0 Å². The molecule has 2 aliphatic rings. The van der Waals surface area contributed by atoms with Crippen LogP contribution in [0.1, 0.15) is 46.6 Å². The maximum Gasteiger partial charge on any atom is 0.315 e. The SMILES string of the molecule is O=C(NCc1ccccc1)NCc1cccc(-c2cccc([C@@H]3O[C@H](CN4CCOCC4)C[C@H](c4ccc(CO)cc4)O3)c2)c1. The number of aliphatic hydroxyl groups excluding tert-OH is 1. The van der Waals surface area contributed by atoms with Gasteiger partial charge in [-0.25, -0.2) is 4.79 Å². The molecular weight excluding hydrogens is 566 g/mol. The Hall–Kier alpha value is -4.05. The molecule has 4 aromatic rings. The number of rotatable bonds is 10. The topological polar surface area (TPSA) is 92.3 Å². The van der Waals surface area contributed by atoms with Gasteiger partial charge in [-0.2, -0.15) is 0 Å². The van der Waals surface area contributed by atoms with Crippen molar-refractivity contribution in [2.75, 3.05) is 32.8 Å². The highest BCUT2D eigenvalue weighted by Crippen LogP contribution is 2.39. The molecule has 0 radical (unpaired) electrons. The van der Waals surface area contributed by atoms with Gasteiger partial charge < -0.3 is 30.0 Å². The predicted octanol–water partition coefficient (Wildman–Crippen LogP) is 5.72. The molecule has 0 unspecified atom stereocenters. The third kappa shape index (κ3) is 8.57. The lowest BCUT2D eigenvalue weighted by Gasteiger charge is -2.39. The average Bonchev–Trinajstić information content (AvgIpc) is 3.11. The van der Waals surface area contributed by atoms with Crippen LogP contribution in [-0.2, 0) is 33.9 Å². The van der Waals surface area contributed by atoms with Gasteiger partial charge in [-0.05, 0) is 45.5 Å². The second-order valence-corrected chi connectivity index (χ2v) is 11.6. The Morgan fingerprint density at radius 3 is 2.18 bits per heavy atom. The Morgan fingerprint density at radius 1 is 0.733 bits per heavy atom. The molecule has 2 aliphatic heterocycles. The zero-order chi connectivity index (χ0) is 30.8. The van der Waals surface area contributed by atoms with E-state index in [9.17, 15) is 9.90 Å². The Kier molecular flexibility index (Phi) is 10.5. The fraction of sp³-hybridized carbons (Fsp3) is 0.324. The zero-order valence-corrected chi connectivity index (χ0v) is 25.4. The summed E-state index contributed by atoms with van der Waals surface area (Å²) in [6.45, 7) is 5.02. The summed E-state index contributed by atoms with van der Waals surface area (Å²) in [5.74, 6) is 0. The number of hydrogen-bond acceptors (Lipinski definition) is 6. The first-order valence-electron chi connectivity index (χ1n) is 15.7. The van der Waals surface area contributed by atoms with Crippen LogP contribution in [0, 0.1) is 0 Å². The summed E-state index contributed by atoms with van der Waals surface area (Å²) in [6, 6.07) is 34.2. The molecule has 2 fully saturated rings. The van der Waals surface area contributed by atoms with E-state index in [1.807, 2.05) is 72.8 Å². The van der Waals surface area contributed by atoms with Crippen molar-refractivity contribution < 1.29 is 24.1 Å². The number of nitrogens with zero attached hydrogens (tertiary/aromatic N) is 1. The summed E-state index contributed by atoms with van der Waals surface area (Å²) in [7, 11) is 0. The van der Waals surface area contributed by atoms with Crippen LogP contribution < -0.4 is 10.6 Å². The van der Waals surface area contributed by atoms with E-state index in [4.69, 9.17) is 14.2 Å². The lowest BCUT2D eigenvalue weighted by molar-refractivity contribution is -0.253. The van der Waals surface area contributed by atoms with E-state index in [0.29, 0.717) is 13.1 Å². The predicted molar refractivity (Wildman–Crippen MR) is 173 cm³/mol. The fourth-order valence-electron chi connectivity index (χ4n) is 5.85. The number of benzene rings is 4. The summed E-state index contributed by atoms with van der Waals surface area (Å²) < 4.78 is 18.8. The number of nitrogens with one attached hydrogen (secondary N) is 2. The van der Waals surface area contributed by atoms with Gasteiger partial charge in [0.15, 0.2) is 6.29 Å². The molecule has 0 saturated carbocycles. The van der Waals surface area contributed by atoms with E-state index in [2.05, 4.69) is 45.9 Å². The Labute approximate surface area is 264 Å². The molecule has 3 N–H and O–H groups in total. The number of amides is 2. The van der Waals surface area contributed by atoms with E-state index in [1.165, 1.54) is 0 Å². The molecule has 45 heavy (non-hydrogen) atoms. The molecule has 8 nitrogen and oxygen atoms in total. The van der Waals surface area contributed by atoms with Crippen molar-refractivity contribution in [2.45, 2.75) is 44.6 Å². The second kappa shape index (κ2) is 15.3. The second-order valence-electron chi connectivity index (χ2n) is 11.6. The van der Waals surface area contributed by atoms with Gasteiger partial charge in [-0.3, -0.25) is 4.90 Å². The molecule has 2 saturated heterocycles. The van der Waals surface area contributed by atoms with Gasteiger partial charge in [0.2, 0.25) is 0 Å². The van der Waals surface area contributed by atoms with Crippen LogP contribution in [0.3, 0.4) is 0 Å². The monoisotopic (exact) mass is 607 g/mol. The van der Waals surface area contributed by atoms with Gasteiger partial charge in [-0.15, -0.1) is 0 Å². The molecule has 0 aromatic heterocycles. The number of carbonyl (C=O) groups is 1. The van der Waals surface area contributed by atoms with Crippen LogP contribution in [-0.4, -0.2) is 55.0 Å². The Balaban J connectivity index is 1.14. The third-order valence-corrected chi connectivity index (χ3v) is 8.35. The van der Waals surface area contributed by atoms with Crippen LogP contribution in [0.5, 0.6) is 0 Å². The minimum absolute atomic E-state index is 0.00420. The quantitative estimate of drug-likeness (QED) is 0.214. The Bertz CT molecular complexity index is 1520. The minimum Gasteiger partial charge on any atom is -0.392 e. The third-order valence-electron chi connectivity index (χ3n) is 8.35. The van der Waals surface area contributed by atoms with E-state index >= 15 is 0 Å². The first-order valence-corrected chi connectivity index (χ1v) is 15.7. The highest BCUT2D eigenvalue weighted by atomic mass is 16.7. The fourth-order valence-corrected chi connectivity index (χ4v) is 5.85. The summed E-state index contributed by atoms with van der Waals surface area (Å²) in [6.07, 6.45) is 0.0921. The summed E-state index contributed by atoms with van der Waals surface area (Å²) >= 11 is 0. The smallest absolute Gasteiger partial charge is 0.315 e. The first kappa shape index (κ1) is 31.0. The van der Waals surface area contributed by atoms with E-state index in [1.54, 1.807) is 0 Å². The van der Waals surface area contributed by atoms with E-state index < -0.39 is 6.29 Å². The minimum atomic E-state index is -0.523. The summed E-state index contributed by atoms with van der Waals surface area (Å²) in [5, 5.41) is 15.4. The highest BCUT2D eigenvalue weighted by Gasteiger charge is 2.33. The first-order chi connectivity index (χ1) is 22.1. The summed E-state index contributed by atoms with van der Waals surface area (Å²) in [4.78, 5) is 14.8. The van der Waals surface area contributed by atoms with Crippen LogP contribution in [0.25, 0.3) is 11.1 Å². The molecule has 0 aliphatic carbocycles. The van der Waals surface area contributed by atoms with Crippen molar-refractivity contribution in [3.05, 3.63) is 131 Å². The van der Waals surface area contributed by atoms with Gasteiger partial charge in [0.1, 0.15) is 0 Å². The molecule has 2 amide bonds. The number of morpholine rings is 1. The number of carbonyl (C=O) groups excluding carboxylic acids is 1. The van der Waals surface area contributed by atoms with Crippen molar-refractivity contribution >= 4 is 6.03 Å². The van der Waals surface area contributed by atoms with Crippen LogP contribution in [0.4, 0.5) is 4.79 Å². The van der Waals surface area contributed by atoms with Crippen molar-refractivity contribution in [3.63, 3.8) is 0 Å². The standard InChI is InChI=1S/C37H41N3O5/c41-26-28-12-14-30(15-13-28)35-22-34(25-40-16-18-43-19-17-40)44-36(45-35)33-11-5-10-32(21-33)31-9-4-8-29(20-31)24-39-37(42)38-23-27-6-2-1-3-7-27/h1-15,20-21,34-36,41H,16-19,22-26H2,(H2,38,39,42)/t34-,35+,36+/m0/s1. The molecule has 6 rings (SSSR count). The molecule has 234 valence electrons. The van der Waals surface area contributed by atoms with Crippen molar-refractivity contribution in [2.24, 2.45) is 0 Å². The van der Waals surface area contributed by atoms with Crippen molar-refractivity contribution in [1.29, 1.82) is 0 Å². The number of ether oxygens (including phenoxy) is 3. The molecule has 3 atom stereocenters. The maximum atomic E-state index is 12.4. The molecular formula is C37H41N3O5. The van der Waals surface area contributed by atoms with Crippen LogP contribution in [0.15, 0.2) is 103 Å². The maximum absolute atomic E-state index is 12.4. The van der Waals surface area contributed by atoms with Crippen LogP contribution in [0.2, 0.25) is 0 Å². The lowest BCUT2D eigenvalue weighted by Crippen LogP contribution is -2.44. The largest absolute Gasteiger partial charge is 0.392 e. The zero-order valence-electron chi connectivity index (χ0n) is 25.4. The van der Waals surface area contributed by atoms with Crippen molar-refractivity contribution in [3.8, 4) is 11.1 Å². The molecule has 2 heterocycles. The normalized spacial score (nSPS) is 20.4. The summed E-state index contributed by atoms with van der Waals surface area (Å²) in [5.41, 5.74) is 7.09. The number of urea groups is 1. The van der Waals surface area contributed by atoms with Gasteiger partial charge >= 0.3 is 6.03 Å².